The smallest absolute Gasteiger partial charge is 0.146 e. The first-order valence-corrected chi connectivity index (χ1v) is 7.78. The maximum absolute atomic E-state index is 13.8. The second-order valence-corrected chi connectivity index (χ2v) is 6.19. The second kappa shape index (κ2) is 5.73. The average molecular weight is 307 g/mol. The number of anilines is 1. The van der Waals surface area contributed by atoms with Crippen LogP contribution < -0.4 is 5.32 Å². The van der Waals surface area contributed by atoms with Crippen LogP contribution in [0.3, 0.4) is 0 Å². The molecule has 0 saturated heterocycles. The van der Waals surface area contributed by atoms with Crippen LogP contribution in [-0.2, 0) is 0 Å². The fraction of sp³-hybridized carbons (Fsp3) is 0.0667. The first-order valence-electron chi connectivity index (χ1n) is 6.02. The van der Waals surface area contributed by atoms with E-state index < -0.39 is 11.6 Å². The van der Waals surface area contributed by atoms with Crippen molar-refractivity contribution in [3.63, 3.8) is 0 Å². The molecule has 0 unspecified atom stereocenters. The van der Waals surface area contributed by atoms with E-state index in [1.807, 2.05) is 35.0 Å². The van der Waals surface area contributed by atoms with Crippen LogP contribution in [0.25, 0.3) is 0 Å². The largest absolute Gasteiger partial charge is 0.370 e. The zero-order valence-electron chi connectivity index (χ0n) is 10.3. The third kappa shape index (κ3) is 2.73. The van der Waals surface area contributed by atoms with Crippen LogP contribution in [-0.4, -0.2) is 0 Å². The van der Waals surface area contributed by atoms with Crippen LogP contribution in [0.5, 0.6) is 0 Å². The standard InChI is InChI=1S/C15H11F2NS2/c16-10-5-6-11(17)12(9-10)18-15(13-3-1-7-19-13)14-4-2-8-20-14/h1-9,15,18H. The van der Waals surface area contributed by atoms with Crippen molar-refractivity contribution in [2.75, 3.05) is 5.32 Å². The fourth-order valence-electron chi connectivity index (χ4n) is 1.96. The first-order chi connectivity index (χ1) is 9.74. The lowest BCUT2D eigenvalue weighted by Gasteiger charge is -2.18. The molecule has 2 aromatic heterocycles. The Morgan fingerprint density at radius 1 is 0.900 bits per heavy atom. The van der Waals surface area contributed by atoms with Gasteiger partial charge in [-0.05, 0) is 41.1 Å². The van der Waals surface area contributed by atoms with Gasteiger partial charge in [0.2, 0.25) is 0 Å². The van der Waals surface area contributed by atoms with E-state index >= 15 is 0 Å². The Balaban J connectivity index is 1.97. The lowest BCUT2D eigenvalue weighted by Crippen LogP contribution is -2.11. The molecule has 1 aromatic carbocycles. The van der Waals surface area contributed by atoms with Crippen LogP contribution in [0.15, 0.2) is 53.2 Å². The summed E-state index contributed by atoms with van der Waals surface area (Å²) < 4.78 is 27.1. The predicted octanol–water partition coefficient (Wildman–Crippen LogP) is 5.29. The maximum atomic E-state index is 13.8. The molecule has 0 spiro atoms. The molecule has 102 valence electrons. The Kier molecular flexibility index (Phi) is 3.80. The molecule has 0 bridgehead atoms. The number of benzene rings is 1. The molecule has 5 heteroatoms. The molecule has 0 radical (unpaired) electrons. The lowest BCUT2D eigenvalue weighted by atomic mass is 10.2. The normalized spacial score (nSPS) is 10.9. The van der Waals surface area contributed by atoms with Crippen LogP contribution in [0, 0.1) is 11.6 Å². The summed E-state index contributed by atoms with van der Waals surface area (Å²) >= 11 is 3.17. The van der Waals surface area contributed by atoms with Crippen molar-refractivity contribution >= 4 is 28.4 Å². The molecule has 3 rings (SSSR count). The monoisotopic (exact) mass is 307 g/mol. The van der Waals surface area contributed by atoms with E-state index in [1.54, 1.807) is 22.7 Å². The summed E-state index contributed by atoms with van der Waals surface area (Å²) in [5.74, 6) is -0.908. The van der Waals surface area contributed by atoms with Crippen molar-refractivity contribution in [3.05, 3.63) is 74.6 Å². The molecular weight excluding hydrogens is 296 g/mol. The highest BCUT2D eigenvalue weighted by Gasteiger charge is 2.18. The molecule has 20 heavy (non-hydrogen) atoms. The summed E-state index contributed by atoms with van der Waals surface area (Å²) in [5, 5.41) is 7.04. The molecule has 1 N–H and O–H groups in total. The van der Waals surface area contributed by atoms with Crippen LogP contribution >= 0.6 is 22.7 Å². The van der Waals surface area contributed by atoms with E-state index in [2.05, 4.69) is 5.32 Å². The highest BCUT2D eigenvalue weighted by molar-refractivity contribution is 7.11. The van der Waals surface area contributed by atoms with Gasteiger partial charge in [-0.3, -0.25) is 0 Å². The summed E-state index contributed by atoms with van der Waals surface area (Å²) in [5.41, 5.74) is 0.178. The van der Waals surface area contributed by atoms with E-state index in [0.717, 1.165) is 21.9 Å². The van der Waals surface area contributed by atoms with Gasteiger partial charge in [0.15, 0.2) is 0 Å². The molecule has 2 heterocycles. The van der Waals surface area contributed by atoms with Gasteiger partial charge in [0, 0.05) is 9.75 Å². The van der Waals surface area contributed by atoms with Crippen LogP contribution in [0.1, 0.15) is 15.8 Å². The van der Waals surface area contributed by atoms with Crippen molar-refractivity contribution in [2.24, 2.45) is 0 Å². The predicted molar refractivity (Wildman–Crippen MR) is 80.5 cm³/mol. The number of hydrogen-bond acceptors (Lipinski definition) is 3. The zero-order valence-corrected chi connectivity index (χ0v) is 12.0. The molecule has 0 saturated carbocycles. The Morgan fingerprint density at radius 3 is 2.10 bits per heavy atom. The van der Waals surface area contributed by atoms with Gasteiger partial charge in [-0.25, -0.2) is 8.78 Å². The van der Waals surface area contributed by atoms with E-state index in [1.165, 1.54) is 6.07 Å². The summed E-state index contributed by atoms with van der Waals surface area (Å²) in [6.07, 6.45) is 0. The summed E-state index contributed by atoms with van der Waals surface area (Å²) in [6.45, 7) is 0. The molecule has 3 aromatic rings. The van der Waals surface area contributed by atoms with E-state index in [-0.39, 0.29) is 11.7 Å². The van der Waals surface area contributed by atoms with Gasteiger partial charge in [0.05, 0.1) is 11.7 Å². The van der Waals surface area contributed by atoms with Crippen LogP contribution in [0.2, 0.25) is 0 Å². The van der Waals surface area contributed by atoms with E-state index in [4.69, 9.17) is 0 Å². The molecule has 1 nitrogen and oxygen atoms in total. The first kappa shape index (κ1) is 13.3. The summed E-state index contributed by atoms with van der Waals surface area (Å²) in [7, 11) is 0. The van der Waals surface area contributed by atoms with E-state index in [9.17, 15) is 8.78 Å². The number of rotatable bonds is 4. The molecule has 0 amide bonds. The van der Waals surface area contributed by atoms with Gasteiger partial charge in [0.25, 0.3) is 0 Å². The third-order valence-corrected chi connectivity index (χ3v) is 4.76. The minimum Gasteiger partial charge on any atom is -0.370 e. The molecular formula is C15H11F2NS2. The second-order valence-electron chi connectivity index (χ2n) is 4.23. The van der Waals surface area contributed by atoms with Gasteiger partial charge >= 0.3 is 0 Å². The SMILES string of the molecule is Fc1ccc(F)c(NC(c2cccs2)c2cccs2)c1. The van der Waals surface area contributed by atoms with Gasteiger partial charge in [-0.15, -0.1) is 22.7 Å². The number of halogens is 2. The van der Waals surface area contributed by atoms with Gasteiger partial charge < -0.3 is 5.32 Å². The van der Waals surface area contributed by atoms with E-state index in [0.29, 0.717) is 0 Å². The minimum atomic E-state index is -0.454. The number of thiophene rings is 2. The Labute approximate surface area is 123 Å². The van der Waals surface area contributed by atoms with Gasteiger partial charge in [0.1, 0.15) is 11.6 Å². The highest BCUT2D eigenvalue weighted by atomic mass is 32.1. The Morgan fingerprint density at radius 2 is 1.55 bits per heavy atom. The topological polar surface area (TPSA) is 12.0 Å². The molecule has 0 fully saturated rings. The Hall–Kier alpha value is -1.72. The lowest BCUT2D eigenvalue weighted by molar-refractivity contribution is 0.601. The van der Waals surface area contributed by atoms with Crippen molar-refractivity contribution < 1.29 is 8.78 Å². The number of nitrogens with one attached hydrogen (secondary N) is 1. The van der Waals surface area contributed by atoms with Crippen LogP contribution in [0.4, 0.5) is 14.5 Å². The quantitative estimate of drug-likeness (QED) is 0.690. The van der Waals surface area contributed by atoms with Crippen molar-refractivity contribution in [1.82, 2.24) is 0 Å². The van der Waals surface area contributed by atoms with Gasteiger partial charge in [-0.1, -0.05) is 12.1 Å². The molecule has 0 atom stereocenters. The molecule has 0 aliphatic rings. The molecule has 0 aliphatic heterocycles. The highest BCUT2D eigenvalue weighted by Crippen LogP contribution is 2.33. The maximum Gasteiger partial charge on any atom is 0.146 e. The zero-order chi connectivity index (χ0) is 13.9. The summed E-state index contributed by atoms with van der Waals surface area (Å²) in [4.78, 5) is 2.13. The Bertz CT molecular complexity index is 644. The minimum absolute atomic E-state index is 0.161. The van der Waals surface area contributed by atoms with Crippen molar-refractivity contribution in [3.8, 4) is 0 Å². The molecule has 0 aliphatic carbocycles. The average Bonchev–Trinajstić information content (AvgIpc) is 3.12. The van der Waals surface area contributed by atoms with Crippen molar-refractivity contribution in [2.45, 2.75) is 6.04 Å². The van der Waals surface area contributed by atoms with Crippen molar-refractivity contribution in [1.29, 1.82) is 0 Å². The van der Waals surface area contributed by atoms with Gasteiger partial charge in [-0.2, -0.15) is 0 Å². The fourth-order valence-corrected chi connectivity index (χ4v) is 3.62. The summed E-state index contributed by atoms with van der Waals surface area (Å²) in [6, 6.07) is 11.1. The third-order valence-electron chi connectivity index (χ3n) is 2.88. The number of hydrogen-bond donors (Lipinski definition) is 1.